The first-order valence-corrected chi connectivity index (χ1v) is 2.82. The van der Waals surface area contributed by atoms with E-state index in [2.05, 4.69) is 0 Å². The minimum absolute atomic E-state index is 0.114. The zero-order valence-electron chi connectivity index (χ0n) is 5.04. The SMILES string of the molecule is N=[N+]([O-])N1CCOCC1. The Morgan fingerprint density at radius 1 is 1.44 bits per heavy atom. The van der Waals surface area contributed by atoms with Crippen LogP contribution in [0.2, 0.25) is 0 Å². The van der Waals surface area contributed by atoms with Crippen molar-refractivity contribution in [3.05, 3.63) is 5.21 Å². The van der Waals surface area contributed by atoms with E-state index in [1.807, 2.05) is 0 Å². The summed E-state index contributed by atoms with van der Waals surface area (Å²) in [6, 6.07) is 0. The van der Waals surface area contributed by atoms with Gasteiger partial charge in [0.15, 0.2) is 0 Å². The van der Waals surface area contributed by atoms with Gasteiger partial charge in [0.05, 0.1) is 13.2 Å². The molecule has 5 heteroatoms. The lowest BCUT2D eigenvalue weighted by molar-refractivity contribution is -0.714. The lowest BCUT2D eigenvalue weighted by atomic mass is 10.5. The van der Waals surface area contributed by atoms with Gasteiger partial charge in [0.2, 0.25) is 0 Å². The van der Waals surface area contributed by atoms with Gasteiger partial charge in [0.25, 0.3) is 0 Å². The molecule has 0 unspecified atom stereocenters. The Hall–Kier alpha value is -0.840. The summed E-state index contributed by atoms with van der Waals surface area (Å²) in [6.45, 7) is 2.18. The van der Waals surface area contributed by atoms with E-state index in [1.165, 1.54) is 5.01 Å². The molecular formula is C4H9N3O2. The van der Waals surface area contributed by atoms with Crippen LogP contribution in [0.4, 0.5) is 0 Å². The summed E-state index contributed by atoms with van der Waals surface area (Å²) >= 11 is 0. The zero-order valence-corrected chi connectivity index (χ0v) is 5.04. The number of nitrogens with zero attached hydrogens (tertiary/aromatic N) is 2. The molecule has 0 spiro atoms. The van der Waals surface area contributed by atoms with E-state index in [9.17, 15) is 5.21 Å². The molecule has 1 aliphatic heterocycles. The van der Waals surface area contributed by atoms with Crippen LogP contribution in [0.1, 0.15) is 0 Å². The maximum Gasteiger partial charge on any atom is 0.100 e. The van der Waals surface area contributed by atoms with Crippen molar-refractivity contribution in [3.8, 4) is 0 Å². The molecule has 1 N–H and O–H groups in total. The average molecular weight is 131 g/mol. The molecule has 1 saturated heterocycles. The van der Waals surface area contributed by atoms with Gasteiger partial charge in [-0.3, -0.25) is 0 Å². The molecule has 1 heterocycles. The highest BCUT2D eigenvalue weighted by atomic mass is 16.5. The van der Waals surface area contributed by atoms with Crippen LogP contribution >= 0.6 is 0 Å². The molecule has 9 heavy (non-hydrogen) atoms. The lowest BCUT2D eigenvalue weighted by Crippen LogP contribution is -2.40. The van der Waals surface area contributed by atoms with E-state index in [0.29, 0.717) is 26.3 Å². The molecule has 1 rings (SSSR count). The predicted octanol–water partition coefficient (Wildman–Crippen LogP) is -0.225. The summed E-state index contributed by atoms with van der Waals surface area (Å²) in [4.78, 5) is 0.114. The van der Waals surface area contributed by atoms with E-state index in [0.717, 1.165) is 0 Å². The van der Waals surface area contributed by atoms with Crippen LogP contribution in [0.5, 0.6) is 0 Å². The molecule has 0 radical (unpaired) electrons. The largest absolute Gasteiger partial charge is 0.572 e. The molecule has 52 valence electrons. The second-order valence-corrected chi connectivity index (χ2v) is 1.84. The van der Waals surface area contributed by atoms with Crippen molar-refractivity contribution in [2.75, 3.05) is 26.3 Å². The van der Waals surface area contributed by atoms with Crippen LogP contribution in [-0.2, 0) is 4.74 Å². The monoisotopic (exact) mass is 131 g/mol. The minimum Gasteiger partial charge on any atom is -0.572 e. The third kappa shape index (κ3) is 1.53. The first kappa shape index (κ1) is 6.28. The van der Waals surface area contributed by atoms with Crippen molar-refractivity contribution >= 4 is 0 Å². The van der Waals surface area contributed by atoms with Gasteiger partial charge in [-0.05, 0) is 5.53 Å². The van der Waals surface area contributed by atoms with Gasteiger partial charge in [-0.15, -0.1) is 5.01 Å². The van der Waals surface area contributed by atoms with E-state index >= 15 is 0 Å². The standard InChI is InChI=1S/C4H9N3O2/c5-7(8)6-1-3-9-4-2-6/h5H,1-4H2. The summed E-state index contributed by atoms with van der Waals surface area (Å²) in [5, 5.41) is 11.6. The molecule has 0 aromatic carbocycles. The van der Waals surface area contributed by atoms with Crippen LogP contribution in [0.15, 0.2) is 0 Å². The van der Waals surface area contributed by atoms with Gasteiger partial charge < -0.3 is 9.94 Å². The molecule has 0 bridgehead atoms. The molecule has 0 saturated carbocycles. The average Bonchev–Trinajstić information content (AvgIpc) is 1.90. The summed E-state index contributed by atoms with van der Waals surface area (Å²) in [5.41, 5.74) is 6.62. The number of ether oxygens (including phenoxy) is 1. The molecule has 1 aliphatic rings. The zero-order chi connectivity index (χ0) is 6.69. The highest BCUT2D eigenvalue weighted by molar-refractivity contribution is 4.49. The number of hydrogen-bond acceptors (Lipinski definition) is 3. The Morgan fingerprint density at radius 3 is 2.33 bits per heavy atom. The van der Waals surface area contributed by atoms with E-state index < -0.39 is 0 Å². The van der Waals surface area contributed by atoms with Gasteiger partial charge in [0, 0.05) is 4.97 Å². The van der Waals surface area contributed by atoms with Crippen molar-refractivity contribution in [1.29, 1.82) is 5.53 Å². The molecular weight excluding hydrogens is 122 g/mol. The van der Waals surface area contributed by atoms with Gasteiger partial charge in [-0.25, -0.2) is 0 Å². The van der Waals surface area contributed by atoms with Crippen molar-refractivity contribution in [3.63, 3.8) is 0 Å². The lowest BCUT2D eigenvalue weighted by Gasteiger charge is -2.21. The maximum absolute atomic E-state index is 10.3. The topological polar surface area (TPSA) is 62.4 Å². The second kappa shape index (κ2) is 2.63. The Balaban J connectivity index is 2.31. The van der Waals surface area contributed by atoms with Gasteiger partial charge in [0.1, 0.15) is 13.1 Å². The van der Waals surface area contributed by atoms with Gasteiger partial charge in [-0.1, -0.05) is 0 Å². The Morgan fingerprint density at radius 2 is 2.00 bits per heavy atom. The third-order valence-electron chi connectivity index (χ3n) is 1.24. The molecule has 0 amide bonds. The van der Waals surface area contributed by atoms with Crippen LogP contribution in [0.3, 0.4) is 0 Å². The molecule has 5 nitrogen and oxygen atoms in total. The van der Waals surface area contributed by atoms with Crippen LogP contribution < -0.4 is 0 Å². The molecule has 0 aromatic rings. The Labute approximate surface area is 52.9 Å². The van der Waals surface area contributed by atoms with Gasteiger partial charge >= 0.3 is 0 Å². The van der Waals surface area contributed by atoms with Crippen molar-refractivity contribution in [2.45, 2.75) is 0 Å². The fourth-order valence-electron chi connectivity index (χ4n) is 0.735. The number of nitrogens with one attached hydrogen (secondary N) is 1. The maximum atomic E-state index is 10.3. The smallest absolute Gasteiger partial charge is 0.100 e. The minimum atomic E-state index is 0.114. The van der Waals surface area contributed by atoms with E-state index in [1.54, 1.807) is 0 Å². The molecule has 0 aromatic heterocycles. The van der Waals surface area contributed by atoms with E-state index in [-0.39, 0.29) is 4.97 Å². The van der Waals surface area contributed by atoms with Crippen LogP contribution in [0, 0.1) is 10.7 Å². The van der Waals surface area contributed by atoms with Crippen LogP contribution in [-0.4, -0.2) is 36.3 Å². The number of morpholine rings is 1. The Kier molecular flexibility index (Phi) is 1.84. The van der Waals surface area contributed by atoms with Crippen molar-refractivity contribution in [1.82, 2.24) is 5.01 Å². The fraction of sp³-hybridized carbons (Fsp3) is 1.00. The molecule has 1 fully saturated rings. The number of hydrogen-bond donors (Lipinski definition) is 1. The predicted molar refractivity (Wildman–Crippen MR) is 28.7 cm³/mol. The van der Waals surface area contributed by atoms with Crippen molar-refractivity contribution in [2.24, 2.45) is 0 Å². The normalized spacial score (nSPS) is 19.8. The van der Waals surface area contributed by atoms with Crippen molar-refractivity contribution < 1.29 is 9.71 Å². The summed E-state index contributed by atoms with van der Waals surface area (Å²) in [6.07, 6.45) is 0. The summed E-state index contributed by atoms with van der Waals surface area (Å²) in [7, 11) is 0. The fourth-order valence-corrected chi connectivity index (χ4v) is 0.735. The number of rotatable bonds is 1. The highest BCUT2D eigenvalue weighted by Gasteiger charge is 2.14. The second-order valence-electron chi connectivity index (χ2n) is 1.84. The summed E-state index contributed by atoms with van der Waals surface area (Å²) < 4.78 is 4.96. The molecule has 0 aliphatic carbocycles. The van der Waals surface area contributed by atoms with Gasteiger partial charge in [-0.2, -0.15) is 0 Å². The third-order valence-corrected chi connectivity index (χ3v) is 1.24. The molecule has 0 atom stereocenters. The quantitative estimate of drug-likeness (QED) is 0.304. The van der Waals surface area contributed by atoms with Crippen LogP contribution in [0.25, 0.3) is 0 Å². The highest BCUT2D eigenvalue weighted by Crippen LogP contribution is 1.94. The first-order valence-electron chi connectivity index (χ1n) is 2.82. The number of hydrazine groups is 1. The summed E-state index contributed by atoms with van der Waals surface area (Å²) in [5.74, 6) is 0. The Bertz CT molecular complexity index is 110. The first-order chi connectivity index (χ1) is 4.30. The van der Waals surface area contributed by atoms with E-state index in [4.69, 9.17) is 10.3 Å².